The molecule has 0 aliphatic carbocycles. The highest BCUT2D eigenvalue weighted by Crippen LogP contribution is 2.27. The minimum Gasteiger partial charge on any atom is -0.478 e. The Morgan fingerprint density at radius 2 is 1.76 bits per heavy atom. The van der Waals surface area contributed by atoms with Crippen LogP contribution in [0.3, 0.4) is 0 Å². The topological polar surface area (TPSA) is 37.3 Å². The van der Waals surface area contributed by atoms with Crippen LogP contribution in [0.25, 0.3) is 17.2 Å². The second-order valence-corrected chi connectivity index (χ2v) is 3.64. The van der Waals surface area contributed by atoms with Gasteiger partial charge in [0.2, 0.25) is 0 Å². The summed E-state index contributed by atoms with van der Waals surface area (Å²) in [5.41, 5.74) is 2.82. The van der Waals surface area contributed by atoms with Crippen molar-refractivity contribution in [2.45, 2.75) is 0 Å². The maximum Gasteiger partial charge on any atom is 0.336 e. The zero-order chi connectivity index (χ0) is 12.3. The van der Waals surface area contributed by atoms with E-state index in [4.69, 9.17) is 5.11 Å². The van der Waals surface area contributed by atoms with Crippen LogP contribution in [-0.4, -0.2) is 11.1 Å². The van der Waals surface area contributed by atoms with E-state index in [9.17, 15) is 4.79 Å². The van der Waals surface area contributed by atoms with Gasteiger partial charge < -0.3 is 5.11 Å². The Morgan fingerprint density at radius 3 is 2.35 bits per heavy atom. The van der Waals surface area contributed by atoms with E-state index in [1.165, 1.54) is 0 Å². The summed E-state index contributed by atoms with van der Waals surface area (Å²) in [4.78, 5) is 11.1. The van der Waals surface area contributed by atoms with E-state index in [-0.39, 0.29) is 5.56 Å². The van der Waals surface area contributed by atoms with Crippen LogP contribution in [-0.2, 0) is 0 Å². The van der Waals surface area contributed by atoms with Crippen molar-refractivity contribution < 1.29 is 9.90 Å². The Bertz CT molecular complexity index is 556. The molecule has 0 unspecified atom stereocenters. The number of rotatable bonds is 3. The molecule has 0 spiro atoms. The fourth-order valence-electron chi connectivity index (χ4n) is 1.84. The second-order valence-electron chi connectivity index (χ2n) is 3.64. The van der Waals surface area contributed by atoms with Gasteiger partial charge in [0.1, 0.15) is 0 Å². The molecule has 0 radical (unpaired) electrons. The van der Waals surface area contributed by atoms with Gasteiger partial charge in [0.05, 0.1) is 5.56 Å². The molecule has 2 aromatic carbocycles. The van der Waals surface area contributed by atoms with Crippen LogP contribution in [0.2, 0.25) is 0 Å². The van der Waals surface area contributed by atoms with Gasteiger partial charge in [-0.05, 0) is 22.8 Å². The normalized spacial score (nSPS) is 9.88. The minimum absolute atomic E-state index is 0.279. The summed E-state index contributed by atoms with van der Waals surface area (Å²) in [7, 11) is 0. The highest BCUT2D eigenvalue weighted by molar-refractivity contribution is 5.95. The third-order valence-corrected chi connectivity index (χ3v) is 2.63. The molecule has 0 heterocycles. The van der Waals surface area contributed by atoms with Gasteiger partial charge in [-0.15, -0.1) is 0 Å². The van der Waals surface area contributed by atoms with Crippen molar-refractivity contribution in [2.75, 3.05) is 0 Å². The summed E-state index contributed by atoms with van der Waals surface area (Å²) in [6.45, 7) is 3.70. The zero-order valence-electron chi connectivity index (χ0n) is 9.26. The Kier molecular flexibility index (Phi) is 3.06. The quantitative estimate of drug-likeness (QED) is 0.863. The Balaban J connectivity index is 2.67. The van der Waals surface area contributed by atoms with E-state index in [2.05, 4.69) is 6.58 Å². The molecule has 0 saturated heterocycles. The van der Waals surface area contributed by atoms with E-state index in [1.54, 1.807) is 18.2 Å². The predicted molar refractivity (Wildman–Crippen MR) is 68.9 cm³/mol. The van der Waals surface area contributed by atoms with Crippen molar-refractivity contribution in [1.29, 1.82) is 0 Å². The molecule has 2 aromatic rings. The first-order valence-corrected chi connectivity index (χ1v) is 5.28. The van der Waals surface area contributed by atoms with Gasteiger partial charge in [0.25, 0.3) is 0 Å². The maximum atomic E-state index is 11.1. The third kappa shape index (κ3) is 2.11. The first kappa shape index (κ1) is 11.1. The fraction of sp³-hybridized carbons (Fsp3) is 0. The zero-order valence-corrected chi connectivity index (χ0v) is 9.26. The molecule has 17 heavy (non-hydrogen) atoms. The molecule has 0 aliphatic heterocycles. The molecule has 0 bridgehead atoms. The van der Waals surface area contributed by atoms with Crippen LogP contribution in [0.4, 0.5) is 0 Å². The highest BCUT2D eigenvalue weighted by atomic mass is 16.4. The second kappa shape index (κ2) is 4.66. The van der Waals surface area contributed by atoms with Crippen LogP contribution in [0, 0.1) is 0 Å². The lowest BCUT2D eigenvalue weighted by atomic mass is 9.95. The summed E-state index contributed by atoms with van der Waals surface area (Å²) < 4.78 is 0. The number of carboxylic acid groups (broad SMARTS) is 1. The SMILES string of the molecule is C=Cc1c(C(=O)O)cccc1-c1ccccc1. The molecular formula is C15H12O2. The molecule has 0 aromatic heterocycles. The van der Waals surface area contributed by atoms with E-state index in [0.29, 0.717) is 5.56 Å². The van der Waals surface area contributed by atoms with Gasteiger partial charge in [-0.1, -0.05) is 55.1 Å². The van der Waals surface area contributed by atoms with E-state index >= 15 is 0 Å². The molecule has 0 saturated carbocycles. The lowest BCUT2D eigenvalue weighted by Crippen LogP contribution is -2.00. The summed E-state index contributed by atoms with van der Waals surface area (Å²) >= 11 is 0. The summed E-state index contributed by atoms with van der Waals surface area (Å²) in [5.74, 6) is -0.933. The van der Waals surface area contributed by atoms with Gasteiger partial charge in [-0.25, -0.2) is 4.79 Å². The third-order valence-electron chi connectivity index (χ3n) is 2.63. The van der Waals surface area contributed by atoms with Crippen molar-refractivity contribution in [1.82, 2.24) is 0 Å². The van der Waals surface area contributed by atoms with Gasteiger partial charge in [0.15, 0.2) is 0 Å². The molecule has 2 rings (SSSR count). The van der Waals surface area contributed by atoms with Crippen molar-refractivity contribution in [3.63, 3.8) is 0 Å². The molecular weight excluding hydrogens is 212 g/mol. The Morgan fingerprint density at radius 1 is 1.06 bits per heavy atom. The minimum atomic E-state index is -0.933. The Hall–Kier alpha value is -2.35. The number of hydrogen-bond donors (Lipinski definition) is 1. The lowest BCUT2D eigenvalue weighted by molar-refractivity contribution is 0.0696. The van der Waals surface area contributed by atoms with Crippen LogP contribution in [0.5, 0.6) is 0 Å². The molecule has 0 aliphatic rings. The molecule has 0 amide bonds. The monoisotopic (exact) mass is 224 g/mol. The van der Waals surface area contributed by atoms with Crippen molar-refractivity contribution in [3.8, 4) is 11.1 Å². The summed E-state index contributed by atoms with van der Waals surface area (Å²) in [5, 5.41) is 9.12. The summed E-state index contributed by atoms with van der Waals surface area (Å²) in [6.07, 6.45) is 1.59. The Labute approximate surface area is 99.8 Å². The molecule has 2 heteroatoms. The van der Waals surface area contributed by atoms with Crippen molar-refractivity contribution in [2.24, 2.45) is 0 Å². The van der Waals surface area contributed by atoms with E-state index in [1.807, 2.05) is 36.4 Å². The van der Waals surface area contributed by atoms with Gasteiger partial charge in [0, 0.05) is 0 Å². The fourth-order valence-corrected chi connectivity index (χ4v) is 1.84. The highest BCUT2D eigenvalue weighted by Gasteiger charge is 2.11. The maximum absolute atomic E-state index is 11.1. The molecule has 1 N–H and O–H groups in total. The van der Waals surface area contributed by atoms with E-state index < -0.39 is 5.97 Å². The first-order valence-electron chi connectivity index (χ1n) is 5.28. The lowest BCUT2D eigenvalue weighted by Gasteiger charge is -2.09. The number of benzene rings is 2. The number of hydrogen-bond acceptors (Lipinski definition) is 1. The molecule has 0 fully saturated rings. The summed E-state index contributed by atoms with van der Waals surface area (Å²) in [6, 6.07) is 14.9. The standard InChI is InChI=1S/C15H12O2/c1-2-12-13(11-7-4-3-5-8-11)9-6-10-14(12)15(16)17/h2-10H,1H2,(H,16,17). The van der Waals surface area contributed by atoms with Crippen LogP contribution in [0.1, 0.15) is 15.9 Å². The molecule has 0 atom stereocenters. The van der Waals surface area contributed by atoms with Crippen molar-refractivity contribution in [3.05, 3.63) is 66.2 Å². The van der Waals surface area contributed by atoms with Gasteiger partial charge in [-0.2, -0.15) is 0 Å². The van der Waals surface area contributed by atoms with Crippen LogP contribution >= 0.6 is 0 Å². The van der Waals surface area contributed by atoms with Crippen LogP contribution in [0.15, 0.2) is 55.1 Å². The number of carbonyl (C=O) groups is 1. The average Bonchev–Trinajstić information content (AvgIpc) is 2.38. The molecule has 2 nitrogen and oxygen atoms in total. The smallest absolute Gasteiger partial charge is 0.336 e. The molecule has 84 valence electrons. The van der Waals surface area contributed by atoms with Crippen LogP contribution < -0.4 is 0 Å². The van der Waals surface area contributed by atoms with Gasteiger partial charge in [-0.3, -0.25) is 0 Å². The predicted octanol–water partition coefficient (Wildman–Crippen LogP) is 3.69. The van der Waals surface area contributed by atoms with E-state index in [0.717, 1.165) is 11.1 Å². The number of carboxylic acids is 1. The van der Waals surface area contributed by atoms with Crippen molar-refractivity contribution >= 4 is 12.0 Å². The van der Waals surface area contributed by atoms with Gasteiger partial charge >= 0.3 is 5.97 Å². The largest absolute Gasteiger partial charge is 0.478 e. The average molecular weight is 224 g/mol. The number of aromatic carboxylic acids is 1. The first-order chi connectivity index (χ1) is 8.24.